The average Bonchev–Trinajstić information content (AvgIpc) is 2.04. The van der Waals surface area contributed by atoms with Crippen LogP contribution in [0.3, 0.4) is 0 Å². The van der Waals surface area contributed by atoms with Crippen molar-refractivity contribution in [2.45, 2.75) is 6.10 Å². The maximum atomic E-state index is 12.8. The summed E-state index contributed by atoms with van der Waals surface area (Å²) in [5.41, 5.74) is 0.134. The first-order valence-electron chi connectivity index (χ1n) is 3.29. The maximum Gasteiger partial charge on any atom is 0.129 e. The van der Waals surface area contributed by atoms with E-state index in [0.29, 0.717) is 0 Å². The van der Waals surface area contributed by atoms with Gasteiger partial charge in [0.25, 0.3) is 0 Å². The summed E-state index contributed by atoms with van der Waals surface area (Å²) in [4.78, 5) is 0. The van der Waals surface area contributed by atoms with Gasteiger partial charge in [-0.1, -0.05) is 18.2 Å². The molecule has 0 heterocycles. The minimum absolute atomic E-state index is 0.134. The fourth-order valence-electron chi connectivity index (χ4n) is 0.844. The summed E-state index contributed by atoms with van der Waals surface area (Å²) < 4.78 is 12.8. The van der Waals surface area contributed by atoms with E-state index in [1.54, 1.807) is 6.07 Å². The van der Waals surface area contributed by atoms with Crippen LogP contribution in [0.25, 0.3) is 0 Å². The highest BCUT2D eigenvalue weighted by molar-refractivity contribution is 5.19. The topological polar surface area (TPSA) is 40.5 Å². The Hall–Kier alpha value is -0.930. The van der Waals surface area contributed by atoms with Crippen molar-refractivity contribution in [1.29, 1.82) is 0 Å². The van der Waals surface area contributed by atoms with Gasteiger partial charge in [0.2, 0.25) is 0 Å². The van der Waals surface area contributed by atoms with Crippen LogP contribution in [0.1, 0.15) is 11.7 Å². The third-order valence-corrected chi connectivity index (χ3v) is 1.44. The maximum absolute atomic E-state index is 12.8. The molecule has 0 aliphatic rings. The van der Waals surface area contributed by atoms with E-state index in [2.05, 4.69) is 0 Å². The molecule has 1 rings (SSSR count). The highest BCUT2D eigenvalue weighted by Crippen LogP contribution is 2.14. The molecule has 0 aromatic heterocycles. The lowest BCUT2D eigenvalue weighted by Crippen LogP contribution is -2.04. The van der Waals surface area contributed by atoms with E-state index >= 15 is 0 Å². The van der Waals surface area contributed by atoms with Gasteiger partial charge in [-0.15, -0.1) is 0 Å². The molecule has 0 fully saturated rings. The molecule has 0 saturated carbocycles. The number of aliphatic hydroxyl groups is 2. The first-order chi connectivity index (χ1) is 5.25. The number of hydrogen-bond acceptors (Lipinski definition) is 2. The lowest BCUT2D eigenvalue weighted by atomic mass is 10.1. The highest BCUT2D eigenvalue weighted by atomic mass is 19.1. The van der Waals surface area contributed by atoms with Crippen molar-refractivity contribution >= 4 is 0 Å². The van der Waals surface area contributed by atoms with Crippen LogP contribution in [0.5, 0.6) is 0 Å². The number of benzene rings is 1. The van der Waals surface area contributed by atoms with Crippen molar-refractivity contribution in [3.8, 4) is 0 Å². The summed E-state index contributed by atoms with van der Waals surface area (Å²) in [6.45, 7) is -0.457. The molecular formula is C8H9FO2. The summed E-state index contributed by atoms with van der Waals surface area (Å²) in [6, 6.07) is 5.82. The van der Waals surface area contributed by atoms with Crippen molar-refractivity contribution in [1.82, 2.24) is 0 Å². The van der Waals surface area contributed by atoms with Crippen LogP contribution >= 0.6 is 0 Å². The number of aliphatic hydroxyl groups excluding tert-OH is 2. The fourth-order valence-corrected chi connectivity index (χ4v) is 0.844. The van der Waals surface area contributed by atoms with E-state index in [0.717, 1.165) is 0 Å². The van der Waals surface area contributed by atoms with Crippen molar-refractivity contribution in [3.05, 3.63) is 35.6 Å². The Morgan fingerprint density at radius 1 is 1.36 bits per heavy atom. The lowest BCUT2D eigenvalue weighted by molar-refractivity contribution is 0.0926. The quantitative estimate of drug-likeness (QED) is 0.666. The second kappa shape index (κ2) is 3.46. The monoisotopic (exact) mass is 156 g/mol. The predicted octanol–water partition coefficient (Wildman–Crippen LogP) is 0.851. The molecule has 2 N–H and O–H groups in total. The molecule has 0 aliphatic heterocycles. The molecule has 1 atom stereocenters. The summed E-state index contributed by atoms with van der Waals surface area (Å²) in [5, 5.41) is 17.5. The molecule has 11 heavy (non-hydrogen) atoms. The van der Waals surface area contributed by atoms with Crippen LogP contribution in [0, 0.1) is 5.82 Å². The van der Waals surface area contributed by atoms with Crippen molar-refractivity contribution in [2.24, 2.45) is 0 Å². The first kappa shape index (κ1) is 8.17. The number of hydrogen-bond donors (Lipinski definition) is 2. The zero-order chi connectivity index (χ0) is 8.27. The molecule has 0 aliphatic carbocycles. The van der Waals surface area contributed by atoms with Crippen LogP contribution < -0.4 is 0 Å². The van der Waals surface area contributed by atoms with Crippen molar-refractivity contribution < 1.29 is 14.6 Å². The van der Waals surface area contributed by atoms with E-state index < -0.39 is 18.5 Å². The van der Waals surface area contributed by atoms with Crippen LogP contribution in [0.4, 0.5) is 4.39 Å². The molecule has 0 radical (unpaired) electrons. The smallest absolute Gasteiger partial charge is 0.129 e. The SMILES string of the molecule is OCC(O)c1ccccc1F. The molecule has 1 unspecified atom stereocenters. The molecule has 0 amide bonds. The Kier molecular flexibility index (Phi) is 2.57. The number of halogens is 1. The van der Waals surface area contributed by atoms with Crippen molar-refractivity contribution in [2.75, 3.05) is 6.61 Å². The molecule has 0 saturated heterocycles. The second-order valence-corrected chi connectivity index (χ2v) is 2.22. The van der Waals surface area contributed by atoms with Crippen LogP contribution in [0.15, 0.2) is 24.3 Å². The van der Waals surface area contributed by atoms with E-state index in [1.807, 2.05) is 0 Å². The van der Waals surface area contributed by atoms with E-state index in [9.17, 15) is 4.39 Å². The Morgan fingerprint density at radius 3 is 2.55 bits per heavy atom. The van der Waals surface area contributed by atoms with E-state index in [1.165, 1.54) is 18.2 Å². The van der Waals surface area contributed by atoms with Crippen LogP contribution in [-0.2, 0) is 0 Å². The number of rotatable bonds is 2. The molecule has 60 valence electrons. The largest absolute Gasteiger partial charge is 0.393 e. The van der Waals surface area contributed by atoms with Gasteiger partial charge in [-0.2, -0.15) is 0 Å². The zero-order valence-corrected chi connectivity index (χ0v) is 5.87. The van der Waals surface area contributed by atoms with Gasteiger partial charge in [-0.3, -0.25) is 0 Å². The highest BCUT2D eigenvalue weighted by Gasteiger charge is 2.09. The van der Waals surface area contributed by atoms with Gasteiger partial charge in [0.15, 0.2) is 0 Å². The summed E-state index contributed by atoms with van der Waals surface area (Å²) in [6.07, 6.45) is -1.11. The minimum Gasteiger partial charge on any atom is -0.393 e. The molecule has 1 aromatic carbocycles. The van der Waals surface area contributed by atoms with Crippen LogP contribution in [-0.4, -0.2) is 16.8 Å². The molecule has 3 heteroatoms. The normalized spacial score (nSPS) is 13.0. The average molecular weight is 156 g/mol. The molecule has 2 nitrogen and oxygen atoms in total. The Balaban J connectivity index is 2.93. The van der Waals surface area contributed by atoms with Gasteiger partial charge >= 0.3 is 0 Å². The van der Waals surface area contributed by atoms with E-state index in [4.69, 9.17) is 10.2 Å². The van der Waals surface area contributed by atoms with Gasteiger partial charge in [-0.25, -0.2) is 4.39 Å². The van der Waals surface area contributed by atoms with Crippen LogP contribution in [0.2, 0.25) is 0 Å². The summed E-state index contributed by atoms with van der Waals surface area (Å²) >= 11 is 0. The third kappa shape index (κ3) is 1.76. The lowest BCUT2D eigenvalue weighted by Gasteiger charge is -2.07. The van der Waals surface area contributed by atoms with Crippen molar-refractivity contribution in [3.63, 3.8) is 0 Å². The van der Waals surface area contributed by atoms with Gasteiger partial charge in [-0.05, 0) is 6.07 Å². The Morgan fingerprint density at radius 2 is 2.00 bits per heavy atom. The predicted molar refractivity (Wildman–Crippen MR) is 38.4 cm³/mol. The molecule has 0 spiro atoms. The van der Waals surface area contributed by atoms with Gasteiger partial charge in [0, 0.05) is 5.56 Å². The van der Waals surface area contributed by atoms with Gasteiger partial charge < -0.3 is 10.2 Å². The second-order valence-electron chi connectivity index (χ2n) is 2.22. The zero-order valence-electron chi connectivity index (χ0n) is 5.87. The fraction of sp³-hybridized carbons (Fsp3) is 0.250. The third-order valence-electron chi connectivity index (χ3n) is 1.44. The molecule has 1 aromatic rings. The van der Waals surface area contributed by atoms with Gasteiger partial charge in [0.05, 0.1) is 6.61 Å². The Bertz CT molecular complexity index is 237. The summed E-state index contributed by atoms with van der Waals surface area (Å²) in [5.74, 6) is -0.492. The Labute approximate surface area is 63.9 Å². The van der Waals surface area contributed by atoms with Gasteiger partial charge in [0.1, 0.15) is 11.9 Å². The minimum atomic E-state index is -1.11. The first-order valence-corrected chi connectivity index (χ1v) is 3.29. The standard InChI is InChI=1S/C8H9FO2/c9-7-4-2-1-3-6(7)8(11)5-10/h1-4,8,10-11H,5H2. The molecule has 0 bridgehead atoms. The summed E-state index contributed by atoms with van der Waals surface area (Å²) in [7, 11) is 0. The molecular weight excluding hydrogens is 147 g/mol. The van der Waals surface area contributed by atoms with E-state index in [-0.39, 0.29) is 5.56 Å².